The summed E-state index contributed by atoms with van der Waals surface area (Å²) in [5, 5.41) is 2.28. The van der Waals surface area contributed by atoms with E-state index in [4.69, 9.17) is 22.2 Å². The van der Waals surface area contributed by atoms with Crippen LogP contribution in [-0.4, -0.2) is 18.1 Å². The van der Waals surface area contributed by atoms with Crippen LogP contribution in [0.25, 0.3) is 0 Å². The fraction of sp³-hybridized carbons (Fsp3) is 0.444. The van der Waals surface area contributed by atoms with Crippen LogP contribution in [0.15, 0.2) is 12.3 Å². The maximum atomic E-state index is 5.78. The van der Waals surface area contributed by atoms with Crippen LogP contribution in [0, 0.1) is 0 Å². The van der Waals surface area contributed by atoms with Crippen LogP contribution in [0.1, 0.15) is 12.8 Å². The quantitative estimate of drug-likeness (QED) is 0.774. The molecule has 0 saturated carbocycles. The summed E-state index contributed by atoms with van der Waals surface area (Å²) >= 11 is 5.75. The molecule has 0 aromatic carbocycles. The maximum Gasteiger partial charge on any atom is 0.175 e. The first-order valence-electron chi connectivity index (χ1n) is 4.59. The van der Waals surface area contributed by atoms with Crippen molar-refractivity contribution in [1.29, 1.82) is 0 Å². The van der Waals surface area contributed by atoms with Crippen molar-refractivity contribution < 1.29 is 4.84 Å². The van der Waals surface area contributed by atoms with Crippen LogP contribution in [0.4, 0.5) is 11.5 Å². The van der Waals surface area contributed by atoms with Crippen molar-refractivity contribution in [3.8, 4) is 0 Å². The smallest absolute Gasteiger partial charge is 0.175 e. The lowest BCUT2D eigenvalue weighted by molar-refractivity contribution is 0.0764. The van der Waals surface area contributed by atoms with Gasteiger partial charge in [-0.2, -0.15) is 0 Å². The van der Waals surface area contributed by atoms with Gasteiger partial charge in [0.2, 0.25) is 0 Å². The van der Waals surface area contributed by atoms with Gasteiger partial charge >= 0.3 is 0 Å². The summed E-state index contributed by atoms with van der Waals surface area (Å²) in [5.74, 6) is 0.661. The highest BCUT2D eigenvalue weighted by atomic mass is 35.5. The van der Waals surface area contributed by atoms with E-state index in [2.05, 4.69) is 4.98 Å². The van der Waals surface area contributed by atoms with Crippen LogP contribution >= 0.6 is 11.6 Å². The molecule has 1 saturated heterocycles. The van der Waals surface area contributed by atoms with E-state index < -0.39 is 0 Å². The van der Waals surface area contributed by atoms with E-state index in [-0.39, 0.29) is 0 Å². The van der Waals surface area contributed by atoms with Gasteiger partial charge in [-0.1, -0.05) is 11.6 Å². The summed E-state index contributed by atoms with van der Waals surface area (Å²) < 4.78 is 0. The molecule has 2 rings (SSSR count). The number of hydrogen-bond acceptors (Lipinski definition) is 4. The molecule has 0 radical (unpaired) electrons. The monoisotopic (exact) mass is 213 g/mol. The number of halogens is 1. The van der Waals surface area contributed by atoms with Gasteiger partial charge in [0.15, 0.2) is 5.82 Å². The molecule has 1 aliphatic rings. The number of hydroxylamine groups is 1. The third-order valence-corrected chi connectivity index (χ3v) is 2.31. The van der Waals surface area contributed by atoms with E-state index in [0.717, 1.165) is 26.0 Å². The van der Waals surface area contributed by atoms with Crippen LogP contribution in [0.5, 0.6) is 0 Å². The minimum Gasteiger partial charge on any atom is -0.396 e. The number of nitrogens with two attached hydrogens (primary N) is 1. The minimum absolute atomic E-state index is 0.545. The Balaban J connectivity index is 2.22. The Morgan fingerprint density at radius 3 is 3.00 bits per heavy atom. The van der Waals surface area contributed by atoms with Gasteiger partial charge in [-0.15, -0.1) is 0 Å². The normalized spacial score (nSPS) is 17.1. The molecule has 4 nitrogen and oxygen atoms in total. The van der Waals surface area contributed by atoms with Crippen molar-refractivity contribution >= 4 is 23.1 Å². The first-order chi connectivity index (χ1) is 6.77. The SMILES string of the molecule is Nc1cc(Cl)cnc1N1CCCCO1. The van der Waals surface area contributed by atoms with Gasteiger partial charge in [0.25, 0.3) is 0 Å². The van der Waals surface area contributed by atoms with Gasteiger partial charge < -0.3 is 5.73 Å². The highest BCUT2D eigenvalue weighted by Crippen LogP contribution is 2.25. The molecule has 2 heterocycles. The number of rotatable bonds is 1. The van der Waals surface area contributed by atoms with Crippen LogP contribution in [-0.2, 0) is 4.84 Å². The fourth-order valence-electron chi connectivity index (χ4n) is 1.42. The summed E-state index contributed by atoms with van der Waals surface area (Å²) in [4.78, 5) is 9.58. The number of aromatic nitrogens is 1. The second-order valence-corrected chi connectivity index (χ2v) is 3.65. The van der Waals surface area contributed by atoms with Crippen molar-refractivity contribution in [2.75, 3.05) is 23.9 Å². The Bertz CT molecular complexity index is 326. The molecule has 0 spiro atoms. The fourth-order valence-corrected chi connectivity index (χ4v) is 1.59. The average Bonchev–Trinajstić information content (AvgIpc) is 2.19. The lowest BCUT2D eigenvalue weighted by atomic mass is 10.3. The molecule has 1 aromatic rings. The molecule has 0 atom stereocenters. The van der Waals surface area contributed by atoms with Gasteiger partial charge in [-0.05, 0) is 18.9 Å². The standard InChI is InChI=1S/C9H12ClN3O/c10-7-5-8(11)9(12-6-7)13-3-1-2-4-14-13/h5-6H,1-4,11H2. The van der Waals surface area contributed by atoms with E-state index in [9.17, 15) is 0 Å². The first-order valence-corrected chi connectivity index (χ1v) is 4.96. The minimum atomic E-state index is 0.545. The van der Waals surface area contributed by atoms with Crippen LogP contribution in [0.2, 0.25) is 5.02 Å². The second kappa shape index (κ2) is 4.02. The Kier molecular flexibility index (Phi) is 2.74. The average molecular weight is 214 g/mol. The predicted molar refractivity (Wildman–Crippen MR) is 56.2 cm³/mol. The summed E-state index contributed by atoms with van der Waals surface area (Å²) in [6.45, 7) is 1.56. The third kappa shape index (κ3) is 1.91. The second-order valence-electron chi connectivity index (χ2n) is 3.21. The van der Waals surface area contributed by atoms with E-state index in [0.29, 0.717) is 16.5 Å². The molecule has 2 N–H and O–H groups in total. The van der Waals surface area contributed by atoms with Gasteiger partial charge in [0.05, 0.1) is 17.3 Å². The van der Waals surface area contributed by atoms with Crippen molar-refractivity contribution in [1.82, 2.24) is 4.98 Å². The van der Waals surface area contributed by atoms with Crippen molar-refractivity contribution in [3.05, 3.63) is 17.3 Å². The van der Waals surface area contributed by atoms with Crippen molar-refractivity contribution in [2.24, 2.45) is 0 Å². The maximum absolute atomic E-state index is 5.78. The molecule has 1 fully saturated rings. The Labute approximate surface area is 87.6 Å². The zero-order valence-corrected chi connectivity index (χ0v) is 8.50. The molecule has 0 unspecified atom stereocenters. The summed E-state index contributed by atoms with van der Waals surface area (Å²) in [5.41, 5.74) is 6.34. The highest BCUT2D eigenvalue weighted by Gasteiger charge is 2.15. The number of nitrogens with zero attached hydrogens (tertiary/aromatic N) is 2. The zero-order valence-electron chi connectivity index (χ0n) is 7.74. The summed E-state index contributed by atoms with van der Waals surface area (Å²) in [6, 6.07) is 1.68. The number of hydrogen-bond donors (Lipinski definition) is 1. The molecule has 0 aliphatic carbocycles. The molecule has 14 heavy (non-hydrogen) atoms. The largest absolute Gasteiger partial charge is 0.396 e. The first kappa shape index (κ1) is 9.55. The van der Waals surface area contributed by atoms with Crippen LogP contribution in [0.3, 0.4) is 0 Å². The third-order valence-electron chi connectivity index (χ3n) is 2.10. The van der Waals surface area contributed by atoms with Crippen molar-refractivity contribution in [3.63, 3.8) is 0 Å². The molecular weight excluding hydrogens is 202 g/mol. The van der Waals surface area contributed by atoms with E-state index >= 15 is 0 Å². The molecule has 76 valence electrons. The molecule has 5 heteroatoms. The van der Waals surface area contributed by atoms with Crippen LogP contribution < -0.4 is 10.8 Å². The topological polar surface area (TPSA) is 51.4 Å². The summed E-state index contributed by atoms with van der Waals surface area (Å²) in [6.07, 6.45) is 3.76. The van der Waals surface area contributed by atoms with E-state index in [1.165, 1.54) is 0 Å². The molecule has 0 bridgehead atoms. The lowest BCUT2D eigenvalue weighted by Crippen LogP contribution is -2.31. The molecule has 1 aliphatic heterocycles. The molecule has 0 amide bonds. The van der Waals surface area contributed by atoms with Crippen molar-refractivity contribution in [2.45, 2.75) is 12.8 Å². The highest BCUT2D eigenvalue weighted by molar-refractivity contribution is 6.30. The van der Waals surface area contributed by atoms with Gasteiger partial charge in [-0.3, -0.25) is 4.84 Å². The predicted octanol–water partition coefficient (Wildman–Crippen LogP) is 1.85. The molecular formula is C9H12ClN3O. The Morgan fingerprint density at radius 1 is 1.50 bits per heavy atom. The zero-order chi connectivity index (χ0) is 9.97. The Morgan fingerprint density at radius 2 is 2.36 bits per heavy atom. The lowest BCUT2D eigenvalue weighted by Gasteiger charge is -2.27. The van der Waals surface area contributed by atoms with E-state index in [1.54, 1.807) is 17.3 Å². The number of pyridine rings is 1. The Hall–Kier alpha value is -1.00. The number of anilines is 2. The van der Waals surface area contributed by atoms with Gasteiger partial charge in [0, 0.05) is 12.7 Å². The molecule has 1 aromatic heterocycles. The number of nitrogen functional groups attached to an aromatic ring is 1. The van der Waals surface area contributed by atoms with Gasteiger partial charge in [0.1, 0.15) is 0 Å². The summed E-state index contributed by atoms with van der Waals surface area (Å²) in [7, 11) is 0. The van der Waals surface area contributed by atoms with Gasteiger partial charge in [-0.25, -0.2) is 10.0 Å². The van der Waals surface area contributed by atoms with E-state index in [1.807, 2.05) is 0 Å².